The first-order chi connectivity index (χ1) is 8.72. The minimum absolute atomic E-state index is 0.326. The van der Waals surface area contributed by atoms with E-state index >= 15 is 0 Å². The van der Waals surface area contributed by atoms with Crippen LogP contribution in [0.25, 0.3) is 0 Å². The van der Waals surface area contributed by atoms with E-state index in [0.29, 0.717) is 11.8 Å². The molecule has 3 heteroatoms. The first-order valence-corrected chi connectivity index (χ1v) is 7.72. The third-order valence-electron chi connectivity index (χ3n) is 5.22. The van der Waals surface area contributed by atoms with Crippen LogP contribution >= 0.6 is 0 Å². The van der Waals surface area contributed by atoms with Crippen molar-refractivity contribution in [2.75, 3.05) is 26.2 Å². The van der Waals surface area contributed by atoms with E-state index in [1.807, 2.05) is 0 Å². The molecule has 3 aliphatic rings. The Morgan fingerprint density at radius 1 is 1.17 bits per heavy atom. The molecule has 0 aromatic heterocycles. The highest BCUT2D eigenvalue weighted by Gasteiger charge is 2.47. The highest BCUT2D eigenvalue weighted by Crippen LogP contribution is 2.54. The predicted octanol–water partition coefficient (Wildman–Crippen LogP) is 1.88. The fraction of sp³-hybridized carbons (Fsp3) is 0.933. The SMILES string of the molecule is CC1CCN(CCNC(=O)C2CC3CC3C2)CC1. The van der Waals surface area contributed by atoms with E-state index in [1.165, 1.54) is 32.4 Å². The summed E-state index contributed by atoms with van der Waals surface area (Å²) in [6, 6.07) is 0. The maximum Gasteiger partial charge on any atom is 0.223 e. The minimum Gasteiger partial charge on any atom is -0.355 e. The van der Waals surface area contributed by atoms with Gasteiger partial charge >= 0.3 is 0 Å². The van der Waals surface area contributed by atoms with Crippen LogP contribution in [0.5, 0.6) is 0 Å². The van der Waals surface area contributed by atoms with Gasteiger partial charge in [0.05, 0.1) is 0 Å². The van der Waals surface area contributed by atoms with E-state index < -0.39 is 0 Å². The second-order valence-corrected chi connectivity index (χ2v) is 6.74. The number of hydrogen-bond donors (Lipinski definition) is 1. The average molecular weight is 250 g/mol. The number of nitrogens with one attached hydrogen (secondary N) is 1. The number of rotatable bonds is 4. The summed E-state index contributed by atoms with van der Waals surface area (Å²) < 4.78 is 0. The highest BCUT2D eigenvalue weighted by atomic mass is 16.1. The van der Waals surface area contributed by atoms with Crippen molar-refractivity contribution in [2.24, 2.45) is 23.7 Å². The Labute approximate surface area is 110 Å². The van der Waals surface area contributed by atoms with Gasteiger partial charge in [0.15, 0.2) is 0 Å². The molecule has 0 aromatic rings. The van der Waals surface area contributed by atoms with Gasteiger partial charge in [-0.05, 0) is 62.9 Å². The van der Waals surface area contributed by atoms with Gasteiger partial charge in [-0.3, -0.25) is 4.79 Å². The summed E-state index contributed by atoms with van der Waals surface area (Å²) in [6.07, 6.45) is 6.37. The summed E-state index contributed by atoms with van der Waals surface area (Å²) in [6.45, 7) is 6.65. The molecule has 18 heavy (non-hydrogen) atoms. The number of likely N-dealkylation sites (tertiary alicyclic amines) is 1. The molecule has 102 valence electrons. The molecule has 0 radical (unpaired) electrons. The number of hydrogen-bond acceptors (Lipinski definition) is 2. The van der Waals surface area contributed by atoms with Gasteiger partial charge in [0.2, 0.25) is 5.91 Å². The van der Waals surface area contributed by atoms with Crippen molar-refractivity contribution < 1.29 is 4.79 Å². The van der Waals surface area contributed by atoms with Crippen molar-refractivity contribution >= 4 is 5.91 Å². The van der Waals surface area contributed by atoms with E-state index in [-0.39, 0.29) is 0 Å². The molecular formula is C15H26N2O. The lowest BCUT2D eigenvalue weighted by Gasteiger charge is -2.30. The zero-order chi connectivity index (χ0) is 12.5. The van der Waals surface area contributed by atoms with Gasteiger partial charge < -0.3 is 10.2 Å². The summed E-state index contributed by atoms with van der Waals surface area (Å²) in [4.78, 5) is 14.5. The molecule has 2 unspecified atom stereocenters. The van der Waals surface area contributed by atoms with Crippen molar-refractivity contribution in [3.8, 4) is 0 Å². The number of amides is 1. The third kappa shape index (κ3) is 2.87. The highest BCUT2D eigenvalue weighted by molar-refractivity contribution is 5.79. The van der Waals surface area contributed by atoms with Crippen molar-refractivity contribution in [3.05, 3.63) is 0 Å². The van der Waals surface area contributed by atoms with Crippen LogP contribution in [0, 0.1) is 23.7 Å². The Morgan fingerprint density at radius 2 is 1.83 bits per heavy atom. The Bertz CT molecular complexity index is 300. The van der Waals surface area contributed by atoms with Gasteiger partial charge in [-0.25, -0.2) is 0 Å². The quantitative estimate of drug-likeness (QED) is 0.826. The van der Waals surface area contributed by atoms with Crippen molar-refractivity contribution in [2.45, 2.75) is 39.0 Å². The maximum absolute atomic E-state index is 12.0. The van der Waals surface area contributed by atoms with Crippen LogP contribution in [0.2, 0.25) is 0 Å². The van der Waals surface area contributed by atoms with Crippen LogP contribution in [-0.2, 0) is 4.79 Å². The molecule has 3 fully saturated rings. The second-order valence-electron chi connectivity index (χ2n) is 6.74. The van der Waals surface area contributed by atoms with Crippen molar-refractivity contribution in [3.63, 3.8) is 0 Å². The van der Waals surface area contributed by atoms with Gasteiger partial charge in [0.1, 0.15) is 0 Å². The largest absolute Gasteiger partial charge is 0.355 e. The molecule has 0 bridgehead atoms. The molecule has 3 rings (SSSR count). The average Bonchev–Trinajstić information content (AvgIpc) is 2.98. The van der Waals surface area contributed by atoms with E-state index in [2.05, 4.69) is 17.1 Å². The molecular weight excluding hydrogens is 224 g/mol. The molecule has 2 atom stereocenters. The smallest absolute Gasteiger partial charge is 0.223 e. The molecule has 1 amide bonds. The molecule has 0 spiro atoms. The zero-order valence-corrected chi connectivity index (χ0v) is 11.5. The lowest BCUT2D eigenvalue weighted by atomic mass is 9.99. The molecule has 2 saturated carbocycles. The lowest BCUT2D eigenvalue weighted by molar-refractivity contribution is -0.125. The van der Waals surface area contributed by atoms with E-state index in [1.54, 1.807) is 0 Å². The van der Waals surface area contributed by atoms with Gasteiger partial charge in [-0.1, -0.05) is 6.92 Å². The Morgan fingerprint density at radius 3 is 2.50 bits per heavy atom. The van der Waals surface area contributed by atoms with Crippen LogP contribution in [0.15, 0.2) is 0 Å². The fourth-order valence-corrected chi connectivity index (χ4v) is 3.70. The maximum atomic E-state index is 12.0. The predicted molar refractivity (Wildman–Crippen MR) is 72.2 cm³/mol. The summed E-state index contributed by atoms with van der Waals surface area (Å²) in [5.41, 5.74) is 0. The number of carbonyl (C=O) groups excluding carboxylic acids is 1. The van der Waals surface area contributed by atoms with Crippen LogP contribution < -0.4 is 5.32 Å². The Balaban J connectivity index is 1.31. The van der Waals surface area contributed by atoms with Crippen molar-refractivity contribution in [1.29, 1.82) is 0 Å². The van der Waals surface area contributed by atoms with Crippen molar-refractivity contribution in [1.82, 2.24) is 10.2 Å². The van der Waals surface area contributed by atoms with Crippen LogP contribution in [0.1, 0.15) is 39.0 Å². The van der Waals surface area contributed by atoms with E-state index in [4.69, 9.17) is 0 Å². The fourth-order valence-electron chi connectivity index (χ4n) is 3.70. The summed E-state index contributed by atoms with van der Waals surface area (Å²) in [7, 11) is 0. The third-order valence-corrected chi connectivity index (χ3v) is 5.22. The molecule has 0 aromatic carbocycles. The summed E-state index contributed by atoms with van der Waals surface area (Å²) in [5.74, 6) is 3.37. The topological polar surface area (TPSA) is 32.3 Å². The standard InChI is InChI=1S/C15H26N2O/c1-11-2-5-17(6-3-11)7-4-16-15(18)14-9-12-8-13(12)10-14/h11-14H,2-10H2,1H3,(H,16,18). The zero-order valence-electron chi connectivity index (χ0n) is 11.5. The second kappa shape index (κ2) is 5.20. The number of fused-ring (bicyclic) bond motifs is 1. The number of carbonyl (C=O) groups is 1. The van der Waals surface area contributed by atoms with Gasteiger partial charge in [0, 0.05) is 19.0 Å². The molecule has 3 nitrogen and oxygen atoms in total. The molecule has 2 aliphatic carbocycles. The van der Waals surface area contributed by atoms with Gasteiger partial charge in [-0.2, -0.15) is 0 Å². The summed E-state index contributed by atoms with van der Waals surface area (Å²) in [5, 5.41) is 3.14. The molecule has 1 N–H and O–H groups in total. The number of nitrogens with zero attached hydrogens (tertiary/aromatic N) is 1. The molecule has 1 aliphatic heterocycles. The van der Waals surface area contributed by atoms with Gasteiger partial charge in [-0.15, -0.1) is 0 Å². The van der Waals surface area contributed by atoms with Gasteiger partial charge in [0.25, 0.3) is 0 Å². The molecule has 1 saturated heterocycles. The first kappa shape index (κ1) is 12.5. The van der Waals surface area contributed by atoms with Crippen LogP contribution in [-0.4, -0.2) is 37.0 Å². The normalized spacial score (nSPS) is 36.4. The monoisotopic (exact) mass is 250 g/mol. The first-order valence-electron chi connectivity index (χ1n) is 7.72. The summed E-state index contributed by atoms with van der Waals surface area (Å²) >= 11 is 0. The Hall–Kier alpha value is -0.570. The van der Waals surface area contributed by atoms with E-state index in [0.717, 1.165) is 43.7 Å². The lowest BCUT2D eigenvalue weighted by Crippen LogP contribution is -2.40. The van der Waals surface area contributed by atoms with Crippen LogP contribution in [0.4, 0.5) is 0 Å². The molecule has 1 heterocycles. The van der Waals surface area contributed by atoms with Crippen LogP contribution in [0.3, 0.4) is 0 Å². The number of piperidine rings is 1. The van der Waals surface area contributed by atoms with E-state index in [9.17, 15) is 4.79 Å². The minimum atomic E-state index is 0.326. The Kier molecular flexibility index (Phi) is 3.60.